The Kier molecular flexibility index (Phi) is 5.00. The summed E-state index contributed by atoms with van der Waals surface area (Å²) in [5.41, 5.74) is 6.78. The van der Waals surface area contributed by atoms with Gasteiger partial charge in [-0.1, -0.05) is 0 Å². The minimum Gasteiger partial charge on any atom is -0.465 e. The second-order valence-corrected chi connectivity index (χ2v) is 5.08. The molecule has 1 heterocycles. The second kappa shape index (κ2) is 6.95. The number of carbonyl (C=O) groups is 1. The van der Waals surface area contributed by atoms with Crippen LogP contribution in [0.4, 0.5) is 5.69 Å². The summed E-state index contributed by atoms with van der Waals surface area (Å²) in [4.78, 5) is 15.9. The first-order valence-electron chi connectivity index (χ1n) is 6.29. The first kappa shape index (κ1) is 15.8. The number of ether oxygens (including phenoxy) is 2. The smallest absolute Gasteiger partial charge is 0.338 e. The number of benzene rings is 1. The molecule has 2 rings (SSSR count). The molecule has 0 aliphatic carbocycles. The molecule has 22 heavy (non-hydrogen) atoms. The Bertz CT molecular complexity index is 702. The predicted molar refractivity (Wildman–Crippen MR) is 86.2 cm³/mol. The molecule has 0 fully saturated rings. The topological polar surface area (TPSA) is 98.3 Å². The van der Waals surface area contributed by atoms with E-state index in [9.17, 15) is 4.79 Å². The van der Waals surface area contributed by atoms with Crippen LogP contribution in [0, 0.1) is 5.41 Å². The van der Waals surface area contributed by atoms with Gasteiger partial charge in [-0.3, -0.25) is 0 Å². The van der Waals surface area contributed by atoms with Crippen LogP contribution in [0.15, 0.2) is 35.5 Å². The number of hydrogen-bond acceptors (Lipinski definition) is 7. The molecule has 0 amide bonds. The average molecular weight is 317 g/mol. The van der Waals surface area contributed by atoms with Crippen molar-refractivity contribution in [3.63, 3.8) is 0 Å². The normalized spacial score (nSPS) is 10.1. The minimum absolute atomic E-state index is 0.259. The monoisotopic (exact) mass is 317 g/mol. The van der Waals surface area contributed by atoms with Crippen molar-refractivity contribution in [3.8, 4) is 11.5 Å². The number of rotatable bonds is 5. The summed E-state index contributed by atoms with van der Waals surface area (Å²) in [5.74, 6) is 0.264. The van der Waals surface area contributed by atoms with E-state index in [0.29, 0.717) is 17.1 Å². The molecular formula is C15H15N3O3S. The number of hydrogen-bond donors (Lipinski definition) is 2. The summed E-state index contributed by atoms with van der Waals surface area (Å²) in [7, 11) is 1.29. The zero-order chi connectivity index (χ0) is 16.1. The Hall–Kier alpha value is -2.54. The molecule has 0 aliphatic heterocycles. The fourth-order valence-corrected chi connectivity index (χ4v) is 2.16. The number of aromatic nitrogens is 1. The zero-order valence-electron chi connectivity index (χ0n) is 12.1. The fraction of sp³-hybridized carbons (Fsp3) is 0.133. The highest BCUT2D eigenvalue weighted by atomic mass is 32.2. The molecule has 0 saturated heterocycles. The van der Waals surface area contributed by atoms with Gasteiger partial charge in [0.05, 0.1) is 29.5 Å². The second-order valence-electron chi connectivity index (χ2n) is 4.25. The van der Waals surface area contributed by atoms with E-state index in [1.165, 1.54) is 31.0 Å². The van der Waals surface area contributed by atoms with Crippen molar-refractivity contribution >= 4 is 29.6 Å². The van der Waals surface area contributed by atoms with E-state index >= 15 is 0 Å². The van der Waals surface area contributed by atoms with E-state index in [1.807, 2.05) is 12.3 Å². The molecule has 114 valence electrons. The molecule has 0 bridgehead atoms. The number of nitrogens with one attached hydrogen (secondary N) is 1. The first-order valence-corrected chi connectivity index (χ1v) is 7.51. The summed E-state index contributed by atoms with van der Waals surface area (Å²) >= 11 is 1.52. The van der Waals surface area contributed by atoms with Gasteiger partial charge in [-0.25, -0.2) is 9.78 Å². The molecule has 3 N–H and O–H groups in total. The van der Waals surface area contributed by atoms with Crippen molar-refractivity contribution in [2.24, 2.45) is 0 Å². The number of esters is 1. The van der Waals surface area contributed by atoms with Gasteiger partial charge in [-0.05, 0) is 30.5 Å². The van der Waals surface area contributed by atoms with Crippen LogP contribution in [-0.2, 0) is 4.74 Å². The molecule has 1 aromatic carbocycles. The molecule has 2 aromatic rings. The Labute approximate surface area is 132 Å². The quantitative estimate of drug-likeness (QED) is 0.381. The lowest BCUT2D eigenvalue weighted by Gasteiger charge is -2.12. The van der Waals surface area contributed by atoms with Gasteiger partial charge < -0.3 is 20.6 Å². The third-order valence-electron chi connectivity index (χ3n) is 2.89. The lowest BCUT2D eigenvalue weighted by atomic mass is 10.1. The number of methoxy groups -OCH3 is 1. The van der Waals surface area contributed by atoms with Gasteiger partial charge in [0.25, 0.3) is 0 Å². The van der Waals surface area contributed by atoms with Crippen molar-refractivity contribution in [3.05, 3.63) is 41.6 Å². The SMILES string of the molecule is COC(=O)c1cc(N)c(C=N)c(Oc2ccc(SC)nc2)c1. The number of nitrogens with two attached hydrogens (primary N) is 1. The van der Waals surface area contributed by atoms with E-state index < -0.39 is 5.97 Å². The molecular weight excluding hydrogens is 302 g/mol. The van der Waals surface area contributed by atoms with E-state index in [1.54, 1.807) is 12.3 Å². The van der Waals surface area contributed by atoms with E-state index in [2.05, 4.69) is 9.72 Å². The summed E-state index contributed by atoms with van der Waals surface area (Å²) in [6.07, 6.45) is 4.58. The maximum Gasteiger partial charge on any atom is 0.338 e. The standard InChI is InChI=1S/C15H15N3O3S/c1-20-15(19)9-5-12(17)11(7-16)13(6-9)21-10-3-4-14(22-2)18-8-10/h3-8,16H,17H2,1-2H3. The van der Waals surface area contributed by atoms with Gasteiger partial charge in [-0.2, -0.15) is 0 Å². The Morgan fingerprint density at radius 1 is 1.41 bits per heavy atom. The summed E-state index contributed by atoms with van der Waals surface area (Å²) in [6, 6.07) is 6.52. The van der Waals surface area contributed by atoms with Crippen LogP contribution in [0.5, 0.6) is 11.5 Å². The molecule has 0 atom stereocenters. The van der Waals surface area contributed by atoms with Crippen molar-refractivity contribution in [1.82, 2.24) is 4.98 Å². The molecule has 0 radical (unpaired) electrons. The van der Waals surface area contributed by atoms with Crippen LogP contribution in [-0.4, -0.2) is 30.5 Å². The largest absolute Gasteiger partial charge is 0.465 e. The highest BCUT2D eigenvalue weighted by molar-refractivity contribution is 7.98. The minimum atomic E-state index is -0.524. The van der Waals surface area contributed by atoms with Gasteiger partial charge in [0, 0.05) is 11.9 Å². The van der Waals surface area contributed by atoms with Gasteiger partial charge in [0.2, 0.25) is 0 Å². The highest BCUT2D eigenvalue weighted by Gasteiger charge is 2.14. The summed E-state index contributed by atoms with van der Waals surface area (Å²) in [6.45, 7) is 0. The lowest BCUT2D eigenvalue weighted by molar-refractivity contribution is 0.0600. The molecule has 0 saturated carbocycles. The third-order valence-corrected chi connectivity index (χ3v) is 3.55. The number of thioether (sulfide) groups is 1. The first-order chi connectivity index (χ1) is 10.6. The molecule has 1 aromatic heterocycles. The number of pyridine rings is 1. The molecule has 0 aliphatic rings. The van der Waals surface area contributed by atoms with E-state index in [4.69, 9.17) is 15.9 Å². The maximum atomic E-state index is 11.6. The molecule has 0 spiro atoms. The van der Waals surface area contributed by atoms with Gasteiger partial charge in [0.15, 0.2) is 0 Å². The predicted octanol–water partition coefficient (Wildman–Crippen LogP) is 2.96. The van der Waals surface area contributed by atoms with Gasteiger partial charge >= 0.3 is 5.97 Å². The molecule has 6 nitrogen and oxygen atoms in total. The zero-order valence-corrected chi connectivity index (χ0v) is 12.9. The van der Waals surface area contributed by atoms with Crippen LogP contribution in [0.3, 0.4) is 0 Å². The van der Waals surface area contributed by atoms with Gasteiger partial charge in [0.1, 0.15) is 11.5 Å². The van der Waals surface area contributed by atoms with E-state index in [-0.39, 0.29) is 11.3 Å². The Balaban J connectivity index is 2.40. The fourth-order valence-electron chi connectivity index (χ4n) is 1.80. The Morgan fingerprint density at radius 2 is 2.18 bits per heavy atom. The number of nitrogens with zero attached hydrogens (tertiary/aromatic N) is 1. The number of carbonyl (C=O) groups excluding carboxylic acids is 1. The highest BCUT2D eigenvalue weighted by Crippen LogP contribution is 2.30. The van der Waals surface area contributed by atoms with Crippen molar-refractivity contribution < 1.29 is 14.3 Å². The van der Waals surface area contributed by atoms with Crippen LogP contribution in [0.2, 0.25) is 0 Å². The molecule has 7 heteroatoms. The Morgan fingerprint density at radius 3 is 2.73 bits per heavy atom. The average Bonchev–Trinajstić information content (AvgIpc) is 2.54. The van der Waals surface area contributed by atoms with Crippen LogP contribution >= 0.6 is 11.8 Å². The number of anilines is 1. The third kappa shape index (κ3) is 3.37. The van der Waals surface area contributed by atoms with Crippen molar-refractivity contribution in [2.75, 3.05) is 19.1 Å². The maximum absolute atomic E-state index is 11.6. The summed E-state index contributed by atoms with van der Waals surface area (Å²) in [5, 5.41) is 8.32. The molecule has 0 unspecified atom stereocenters. The van der Waals surface area contributed by atoms with Crippen molar-refractivity contribution in [2.45, 2.75) is 5.03 Å². The summed E-state index contributed by atoms with van der Waals surface area (Å²) < 4.78 is 10.4. The van der Waals surface area contributed by atoms with Gasteiger partial charge in [-0.15, -0.1) is 11.8 Å². The lowest BCUT2D eigenvalue weighted by Crippen LogP contribution is -2.05. The van der Waals surface area contributed by atoms with Crippen LogP contribution in [0.25, 0.3) is 0 Å². The van der Waals surface area contributed by atoms with Crippen LogP contribution in [0.1, 0.15) is 15.9 Å². The number of nitrogen functional groups attached to an aromatic ring is 1. The van der Waals surface area contributed by atoms with E-state index in [0.717, 1.165) is 11.2 Å². The van der Waals surface area contributed by atoms with Crippen molar-refractivity contribution in [1.29, 1.82) is 5.41 Å². The van der Waals surface area contributed by atoms with Crippen LogP contribution < -0.4 is 10.5 Å².